The van der Waals surface area contributed by atoms with Gasteiger partial charge in [0.05, 0.1) is 25.2 Å². The van der Waals surface area contributed by atoms with E-state index in [1.165, 1.54) is 6.07 Å². The number of aromatic nitrogens is 1. The van der Waals surface area contributed by atoms with Crippen molar-refractivity contribution in [3.8, 4) is 0 Å². The Kier molecular flexibility index (Phi) is 6.37. The summed E-state index contributed by atoms with van der Waals surface area (Å²) in [4.78, 5) is 18.0. The molecule has 0 aliphatic carbocycles. The summed E-state index contributed by atoms with van der Waals surface area (Å²) in [5.41, 5.74) is 2.35. The van der Waals surface area contributed by atoms with Crippen molar-refractivity contribution in [3.05, 3.63) is 70.6 Å². The number of nitrogens with one attached hydrogen (secondary N) is 2. The van der Waals surface area contributed by atoms with Crippen molar-refractivity contribution < 1.29 is 13.9 Å². The zero-order valence-electron chi connectivity index (χ0n) is 16.8. The van der Waals surface area contributed by atoms with Crippen LogP contribution in [0.5, 0.6) is 0 Å². The minimum absolute atomic E-state index is 0.0359. The molecule has 1 saturated heterocycles. The van der Waals surface area contributed by atoms with Crippen LogP contribution in [0.3, 0.4) is 0 Å². The van der Waals surface area contributed by atoms with E-state index in [-0.39, 0.29) is 36.8 Å². The Balaban J connectivity index is 1.51. The van der Waals surface area contributed by atoms with Crippen molar-refractivity contribution in [2.45, 2.75) is 25.5 Å². The maximum absolute atomic E-state index is 14.7. The number of ether oxygens (including phenoxy) is 1. The Morgan fingerprint density at radius 2 is 2.17 bits per heavy atom. The molecule has 1 aromatic heterocycles. The van der Waals surface area contributed by atoms with Gasteiger partial charge in [-0.2, -0.15) is 0 Å². The van der Waals surface area contributed by atoms with Crippen molar-refractivity contribution in [1.29, 1.82) is 0 Å². The average molecular weight is 430 g/mol. The number of nitrogens with zero attached hydrogens (tertiary/aromatic N) is 1. The molecule has 0 radical (unpaired) electrons. The van der Waals surface area contributed by atoms with Gasteiger partial charge in [0.15, 0.2) is 0 Å². The third-order valence-corrected chi connectivity index (χ3v) is 5.89. The van der Waals surface area contributed by atoms with Crippen LogP contribution in [0.4, 0.5) is 4.39 Å². The molecule has 0 spiro atoms. The fourth-order valence-electron chi connectivity index (χ4n) is 4.10. The second-order valence-corrected chi connectivity index (χ2v) is 8.08. The summed E-state index contributed by atoms with van der Waals surface area (Å²) in [6.07, 6.45) is 2.15. The molecular weight excluding hydrogens is 405 g/mol. The highest BCUT2D eigenvalue weighted by Crippen LogP contribution is 2.31. The third kappa shape index (κ3) is 4.51. The molecule has 1 amide bonds. The summed E-state index contributed by atoms with van der Waals surface area (Å²) in [6, 6.07) is 12.2. The van der Waals surface area contributed by atoms with E-state index in [0.717, 1.165) is 16.5 Å². The van der Waals surface area contributed by atoms with Gasteiger partial charge in [-0.15, -0.1) is 0 Å². The molecule has 3 aromatic rings. The molecule has 30 heavy (non-hydrogen) atoms. The summed E-state index contributed by atoms with van der Waals surface area (Å²) < 4.78 is 20.3. The number of carbonyl (C=O) groups excluding carboxylic acids is 1. The molecule has 1 aliphatic heterocycles. The molecule has 0 unspecified atom stereocenters. The SMILES string of the molecule is C[C@@H]1CN([C@@H](CNC(=O)Cc2c[nH]c3ccccc23)c2c(F)cccc2Cl)CCO1. The molecule has 0 saturated carbocycles. The number of amides is 1. The molecule has 2 N–H and O–H groups in total. The fraction of sp³-hybridized carbons (Fsp3) is 0.348. The molecule has 1 fully saturated rings. The number of benzene rings is 2. The highest BCUT2D eigenvalue weighted by atomic mass is 35.5. The van der Waals surface area contributed by atoms with Crippen LogP contribution in [0.25, 0.3) is 10.9 Å². The van der Waals surface area contributed by atoms with E-state index in [2.05, 4.69) is 15.2 Å². The first kappa shape index (κ1) is 20.8. The van der Waals surface area contributed by atoms with E-state index in [1.807, 2.05) is 37.4 Å². The predicted molar refractivity (Wildman–Crippen MR) is 116 cm³/mol. The normalized spacial score (nSPS) is 18.4. The monoisotopic (exact) mass is 429 g/mol. The Labute approximate surface area is 180 Å². The summed E-state index contributed by atoms with van der Waals surface area (Å²) in [6.45, 7) is 4.12. The number of fused-ring (bicyclic) bond motifs is 1. The lowest BCUT2D eigenvalue weighted by molar-refractivity contribution is -0.120. The molecule has 158 valence electrons. The van der Waals surface area contributed by atoms with Gasteiger partial charge in [-0.3, -0.25) is 9.69 Å². The minimum atomic E-state index is -0.364. The van der Waals surface area contributed by atoms with Gasteiger partial charge in [-0.25, -0.2) is 4.39 Å². The second kappa shape index (κ2) is 9.16. The van der Waals surface area contributed by atoms with Crippen LogP contribution < -0.4 is 5.32 Å². The Bertz CT molecular complexity index is 1020. The largest absolute Gasteiger partial charge is 0.376 e. The van der Waals surface area contributed by atoms with Gasteiger partial charge in [0.1, 0.15) is 5.82 Å². The quantitative estimate of drug-likeness (QED) is 0.620. The molecule has 2 aromatic carbocycles. The summed E-state index contributed by atoms with van der Waals surface area (Å²) >= 11 is 6.36. The maximum atomic E-state index is 14.7. The van der Waals surface area contributed by atoms with Crippen LogP contribution in [0.2, 0.25) is 5.02 Å². The molecule has 5 nitrogen and oxygen atoms in total. The number of hydrogen-bond acceptors (Lipinski definition) is 3. The van der Waals surface area contributed by atoms with Crippen LogP contribution in [0.1, 0.15) is 24.1 Å². The summed E-state index contributed by atoms with van der Waals surface area (Å²) in [7, 11) is 0. The smallest absolute Gasteiger partial charge is 0.224 e. The van der Waals surface area contributed by atoms with Crippen molar-refractivity contribution in [1.82, 2.24) is 15.2 Å². The Hall–Kier alpha value is -2.41. The standard InChI is InChI=1S/C23H25ClFN3O2/c1-15-14-28(9-10-30-15)21(23-18(24)6-4-7-19(23)25)13-27-22(29)11-16-12-26-20-8-3-2-5-17(16)20/h2-8,12,15,21,26H,9-11,13-14H2,1H3,(H,27,29)/t15-,21+/m1/s1. The van der Waals surface area contributed by atoms with E-state index in [4.69, 9.17) is 16.3 Å². The van der Waals surface area contributed by atoms with Gasteiger partial charge >= 0.3 is 0 Å². The first-order chi connectivity index (χ1) is 14.5. The van der Waals surface area contributed by atoms with E-state index >= 15 is 0 Å². The predicted octanol–water partition coefficient (Wildman–Crippen LogP) is 4.08. The van der Waals surface area contributed by atoms with Crippen LogP contribution in [-0.4, -0.2) is 48.1 Å². The lowest BCUT2D eigenvalue weighted by Gasteiger charge is -2.38. The first-order valence-electron chi connectivity index (χ1n) is 10.1. The Morgan fingerprint density at radius 1 is 1.33 bits per heavy atom. The van der Waals surface area contributed by atoms with Gasteiger partial charge in [0, 0.05) is 47.3 Å². The van der Waals surface area contributed by atoms with Gasteiger partial charge in [0.2, 0.25) is 5.91 Å². The van der Waals surface area contributed by atoms with Crippen molar-refractivity contribution in [2.24, 2.45) is 0 Å². The molecule has 2 heterocycles. The number of para-hydroxylation sites is 1. The van der Waals surface area contributed by atoms with E-state index in [0.29, 0.717) is 30.3 Å². The summed E-state index contributed by atoms with van der Waals surface area (Å²) in [5, 5.41) is 4.39. The van der Waals surface area contributed by atoms with Crippen LogP contribution >= 0.6 is 11.6 Å². The van der Waals surface area contributed by atoms with E-state index < -0.39 is 0 Å². The van der Waals surface area contributed by atoms with Crippen molar-refractivity contribution in [2.75, 3.05) is 26.2 Å². The van der Waals surface area contributed by atoms with Crippen LogP contribution in [0, 0.1) is 5.82 Å². The second-order valence-electron chi connectivity index (χ2n) is 7.67. The third-order valence-electron chi connectivity index (χ3n) is 5.56. The minimum Gasteiger partial charge on any atom is -0.376 e. The number of halogens is 2. The van der Waals surface area contributed by atoms with Gasteiger partial charge in [-0.1, -0.05) is 35.9 Å². The van der Waals surface area contributed by atoms with Gasteiger partial charge in [0.25, 0.3) is 0 Å². The Morgan fingerprint density at radius 3 is 2.97 bits per heavy atom. The average Bonchev–Trinajstić information content (AvgIpc) is 3.13. The van der Waals surface area contributed by atoms with E-state index in [1.54, 1.807) is 12.1 Å². The molecule has 4 rings (SSSR count). The number of rotatable bonds is 6. The number of morpholine rings is 1. The molecule has 0 bridgehead atoms. The van der Waals surface area contributed by atoms with Crippen molar-refractivity contribution in [3.63, 3.8) is 0 Å². The molecule has 1 aliphatic rings. The van der Waals surface area contributed by atoms with Crippen LogP contribution in [-0.2, 0) is 16.0 Å². The topological polar surface area (TPSA) is 57.4 Å². The number of hydrogen-bond donors (Lipinski definition) is 2. The van der Waals surface area contributed by atoms with E-state index in [9.17, 15) is 9.18 Å². The molecule has 2 atom stereocenters. The number of carbonyl (C=O) groups is 1. The lowest BCUT2D eigenvalue weighted by Crippen LogP contribution is -2.47. The highest BCUT2D eigenvalue weighted by molar-refractivity contribution is 6.31. The zero-order chi connectivity index (χ0) is 21.1. The zero-order valence-corrected chi connectivity index (χ0v) is 17.6. The molecular formula is C23H25ClFN3O2. The molecule has 7 heteroatoms. The fourth-order valence-corrected chi connectivity index (χ4v) is 4.38. The van der Waals surface area contributed by atoms with Crippen LogP contribution in [0.15, 0.2) is 48.7 Å². The summed E-state index contributed by atoms with van der Waals surface area (Å²) in [5.74, 6) is -0.476. The highest BCUT2D eigenvalue weighted by Gasteiger charge is 2.29. The first-order valence-corrected chi connectivity index (χ1v) is 10.5. The van der Waals surface area contributed by atoms with Gasteiger partial charge in [-0.05, 0) is 30.7 Å². The number of aromatic amines is 1. The number of H-pyrrole nitrogens is 1. The lowest BCUT2D eigenvalue weighted by atomic mass is 10.0. The maximum Gasteiger partial charge on any atom is 0.224 e. The van der Waals surface area contributed by atoms with Gasteiger partial charge < -0.3 is 15.0 Å². The van der Waals surface area contributed by atoms with Crippen molar-refractivity contribution >= 4 is 28.4 Å².